The molecule has 1 atom stereocenters. The van der Waals surface area contributed by atoms with E-state index in [-0.39, 0.29) is 29.9 Å². The van der Waals surface area contributed by atoms with Crippen molar-refractivity contribution in [1.82, 2.24) is 9.80 Å². The van der Waals surface area contributed by atoms with Gasteiger partial charge in [-0.15, -0.1) is 0 Å². The fourth-order valence-corrected chi connectivity index (χ4v) is 4.30. The largest absolute Gasteiger partial charge is 0.396 e. The predicted octanol–water partition coefficient (Wildman–Crippen LogP) is 2.10. The molecule has 1 spiro atoms. The molecule has 0 aromatic heterocycles. The molecule has 6 nitrogen and oxygen atoms in total. The van der Waals surface area contributed by atoms with Crippen LogP contribution < -0.4 is 5.32 Å². The lowest BCUT2D eigenvalue weighted by Gasteiger charge is -2.48. The summed E-state index contributed by atoms with van der Waals surface area (Å²) < 4.78 is 0. The first-order valence-corrected chi connectivity index (χ1v) is 10.0. The fraction of sp³-hybridized carbons (Fsp3) is 0.619. The quantitative estimate of drug-likeness (QED) is 0.801. The highest BCUT2D eigenvalue weighted by Crippen LogP contribution is 2.40. The zero-order valence-corrected chi connectivity index (χ0v) is 16.2. The Morgan fingerprint density at radius 1 is 1.22 bits per heavy atom. The molecule has 1 unspecified atom stereocenters. The van der Waals surface area contributed by atoms with E-state index in [4.69, 9.17) is 5.11 Å². The second kappa shape index (κ2) is 8.85. The number of anilines is 1. The summed E-state index contributed by atoms with van der Waals surface area (Å²) in [6.07, 6.45) is 4.22. The first kappa shape index (κ1) is 19.8. The first-order valence-electron chi connectivity index (χ1n) is 10.0. The minimum Gasteiger partial charge on any atom is -0.396 e. The van der Waals surface area contributed by atoms with E-state index in [2.05, 4.69) is 10.2 Å². The standard InChI is InChI=1S/C21H31N3O3/c1-17(20(27)22-18-6-3-2-4-7-18)23-13-10-21(11-14-23)9-8-19(26)24(16-21)12-5-15-25/h2-4,6-7,17,25H,5,8-16H2,1H3,(H,22,27). The van der Waals surface area contributed by atoms with Gasteiger partial charge in [-0.05, 0) is 63.2 Å². The Hall–Kier alpha value is -1.92. The van der Waals surface area contributed by atoms with Gasteiger partial charge in [-0.25, -0.2) is 0 Å². The summed E-state index contributed by atoms with van der Waals surface area (Å²) in [7, 11) is 0. The van der Waals surface area contributed by atoms with Crippen LogP contribution >= 0.6 is 0 Å². The van der Waals surface area contributed by atoms with E-state index in [9.17, 15) is 9.59 Å². The van der Waals surface area contributed by atoms with Crippen molar-refractivity contribution >= 4 is 17.5 Å². The van der Waals surface area contributed by atoms with Crippen LogP contribution in [0.15, 0.2) is 30.3 Å². The number of nitrogens with one attached hydrogen (secondary N) is 1. The molecule has 2 aliphatic rings. The smallest absolute Gasteiger partial charge is 0.241 e. The molecule has 0 saturated carbocycles. The summed E-state index contributed by atoms with van der Waals surface area (Å²) in [5, 5.41) is 12.0. The number of carbonyl (C=O) groups is 2. The normalized spacial score (nSPS) is 21.3. The lowest BCUT2D eigenvalue weighted by molar-refractivity contribution is -0.139. The van der Waals surface area contributed by atoms with Crippen molar-refractivity contribution < 1.29 is 14.7 Å². The van der Waals surface area contributed by atoms with E-state index >= 15 is 0 Å². The number of rotatable bonds is 6. The number of carbonyl (C=O) groups excluding carboxylic acids is 2. The van der Waals surface area contributed by atoms with Gasteiger partial charge in [-0.3, -0.25) is 14.5 Å². The van der Waals surface area contributed by atoms with Gasteiger partial charge in [0.05, 0.1) is 6.04 Å². The van der Waals surface area contributed by atoms with E-state index in [0.717, 1.165) is 44.6 Å². The molecule has 2 saturated heterocycles. The second-order valence-electron chi connectivity index (χ2n) is 7.96. The molecule has 2 fully saturated rings. The SMILES string of the molecule is CC(C(=O)Nc1ccccc1)N1CCC2(CCC(=O)N(CCCO)C2)CC1. The summed E-state index contributed by atoms with van der Waals surface area (Å²) in [6, 6.07) is 9.39. The number of hydrogen-bond acceptors (Lipinski definition) is 4. The van der Waals surface area contributed by atoms with Crippen LogP contribution in [0.3, 0.4) is 0 Å². The van der Waals surface area contributed by atoms with Gasteiger partial charge in [0, 0.05) is 31.8 Å². The monoisotopic (exact) mass is 373 g/mol. The zero-order chi connectivity index (χ0) is 19.3. The third kappa shape index (κ3) is 4.87. The summed E-state index contributed by atoms with van der Waals surface area (Å²) in [6.45, 7) is 5.30. The third-order valence-electron chi connectivity index (χ3n) is 6.16. The van der Waals surface area contributed by atoms with Gasteiger partial charge in [0.25, 0.3) is 0 Å². The van der Waals surface area contributed by atoms with Crippen molar-refractivity contribution in [3.63, 3.8) is 0 Å². The van der Waals surface area contributed by atoms with E-state index < -0.39 is 0 Å². The van der Waals surface area contributed by atoms with Crippen LogP contribution in [-0.4, -0.2) is 65.5 Å². The Morgan fingerprint density at radius 3 is 2.59 bits per heavy atom. The average molecular weight is 373 g/mol. The Balaban J connectivity index is 1.53. The van der Waals surface area contributed by atoms with Gasteiger partial charge >= 0.3 is 0 Å². The van der Waals surface area contributed by atoms with Gasteiger partial charge in [0.1, 0.15) is 0 Å². The van der Waals surface area contributed by atoms with Gasteiger partial charge in [0.2, 0.25) is 11.8 Å². The Bertz CT molecular complexity index is 641. The topological polar surface area (TPSA) is 72.9 Å². The van der Waals surface area contributed by atoms with E-state index in [1.807, 2.05) is 42.2 Å². The molecule has 27 heavy (non-hydrogen) atoms. The molecule has 148 valence electrons. The lowest BCUT2D eigenvalue weighted by atomic mass is 9.72. The molecule has 0 radical (unpaired) electrons. The van der Waals surface area contributed by atoms with E-state index in [1.165, 1.54) is 0 Å². The number of para-hydroxylation sites is 1. The zero-order valence-electron chi connectivity index (χ0n) is 16.2. The molecule has 6 heteroatoms. The molecule has 1 aromatic rings. The lowest BCUT2D eigenvalue weighted by Crippen LogP contribution is -2.54. The molecule has 0 aliphatic carbocycles. The van der Waals surface area contributed by atoms with Gasteiger partial charge < -0.3 is 15.3 Å². The van der Waals surface area contributed by atoms with Crippen molar-refractivity contribution in [3.8, 4) is 0 Å². The maximum absolute atomic E-state index is 12.6. The maximum Gasteiger partial charge on any atom is 0.241 e. The number of benzene rings is 1. The number of nitrogens with zero attached hydrogens (tertiary/aromatic N) is 2. The van der Waals surface area contributed by atoms with Crippen molar-refractivity contribution in [2.45, 2.75) is 45.1 Å². The Kier molecular flexibility index (Phi) is 6.50. The summed E-state index contributed by atoms with van der Waals surface area (Å²) >= 11 is 0. The van der Waals surface area contributed by atoms with Gasteiger partial charge in [-0.1, -0.05) is 18.2 Å². The molecule has 1 aromatic carbocycles. The number of hydrogen-bond donors (Lipinski definition) is 2. The van der Waals surface area contributed by atoms with Crippen LogP contribution in [0.4, 0.5) is 5.69 Å². The van der Waals surface area contributed by atoms with Crippen LogP contribution in [0, 0.1) is 5.41 Å². The molecular weight excluding hydrogens is 342 g/mol. The number of amides is 2. The molecule has 2 heterocycles. The van der Waals surface area contributed by atoms with Crippen LogP contribution in [0.25, 0.3) is 0 Å². The highest BCUT2D eigenvalue weighted by molar-refractivity contribution is 5.94. The van der Waals surface area contributed by atoms with Crippen molar-refractivity contribution in [3.05, 3.63) is 30.3 Å². The van der Waals surface area contributed by atoms with Gasteiger partial charge in [0.15, 0.2) is 0 Å². The van der Waals surface area contributed by atoms with Gasteiger partial charge in [-0.2, -0.15) is 0 Å². The third-order valence-corrected chi connectivity index (χ3v) is 6.16. The highest BCUT2D eigenvalue weighted by Gasteiger charge is 2.41. The molecule has 0 bridgehead atoms. The van der Waals surface area contributed by atoms with Crippen LogP contribution in [0.1, 0.15) is 39.0 Å². The average Bonchev–Trinajstić information content (AvgIpc) is 2.70. The second-order valence-corrected chi connectivity index (χ2v) is 7.96. The maximum atomic E-state index is 12.6. The summed E-state index contributed by atoms with van der Waals surface area (Å²) in [4.78, 5) is 28.9. The van der Waals surface area contributed by atoms with Crippen molar-refractivity contribution in [2.75, 3.05) is 38.1 Å². The number of aliphatic hydroxyl groups is 1. The Morgan fingerprint density at radius 2 is 1.93 bits per heavy atom. The van der Waals surface area contributed by atoms with E-state index in [0.29, 0.717) is 19.4 Å². The number of likely N-dealkylation sites (tertiary alicyclic amines) is 2. The predicted molar refractivity (Wildman–Crippen MR) is 105 cm³/mol. The van der Waals surface area contributed by atoms with Crippen LogP contribution in [-0.2, 0) is 9.59 Å². The van der Waals surface area contributed by atoms with Crippen LogP contribution in [0.5, 0.6) is 0 Å². The minimum absolute atomic E-state index is 0.0283. The van der Waals surface area contributed by atoms with E-state index in [1.54, 1.807) is 0 Å². The number of piperidine rings is 2. The summed E-state index contributed by atoms with van der Waals surface area (Å²) in [5.74, 6) is 0.243. The molecule has 2 N–H and O–H groups in total. The highest BCUT2D eigenvalue weighted by atomic mass is 16.3. The van der Waals surface area contributed by atoms with Crippen molar-refractivity contribution in [2.24, 2.45) is 5.41 Å². The molecule has 3 rings (SSSR count). The van der Waals surface area contributed by atoms with Crippen LogP contribution in [0.2, 0.25) is 0 Å². The summed E-state index contributed by atoms with van der Waals surface area (Å²) in [5.41, 5.74) is 1.00. The molecular formula is C21H31N3O3. The fourth-order valence-electron chi connectivity index (χ4n) is 4.30. The molecule has 2 amide bonds. The molecule has 2 aliphatic heterocycles. The minimum atomic E-state index is -0.168. The Labute approximate surface area is 161 Å². The van der Waals surface area contributed by atoms with Crippen molar-refractivity contribution in [1.29, 1.82) is 0 Å². The number of aliphatic hydroxyl groups excluding tert-OH is 1. The first-order chi connectivity index (χ1) is 13.0.